The van der Waals surface area contributed by atoms with E-state index >= 15 is 0 Å². The molecule has 1 fully saturated rings. The second-order valence-electron chi connectivity index (χ2n) is 5.26. The van der Waals surface area contributed by atoms with E-state index in [1.807, 2.05) is 14.1 Å². The van der Waals surface area contributed by atoms with Gasteiger partial charge in [-0.2, -0.15) is 0 Å². The van der Waals surface area contributed by atoms with Crippen LogP contribution in [-0.2, 0) is 9.53 Å². The fourth-order valence-electron chi connectivity index (χ4n) is 2.65. The van der Waals surface area contributed by atoms with Crippen LogP contribution in [0.5, 0.6) is 0 Å². The van der Waals surface area contributed by atoms with Crippen molar-refractivity contribution in [1.82, 2.24) is 9.80 Å². The van der Waals surface area contributed by atoms with Crippen molar-refractivity contribution in [2.24, 2.45) is 0 Å². The SMILES string of the molecule is COCC(C)(C(=O)O)N1CCCC1CN(C)C. The van der Waals surface area contributed by atoms with Gasteiger partial charge in [-0.15, -0.1) is 0 Å². The molecular weight excluding hydrogens is 220 g/mol. The van der Waals surface area contributed by atoms with Crippen LogP contribution in [0.15, 0.2) is 0 Å². The summed E-state index contributed by atoms with van der Waals surface area (Å²) in [6.45, 7) is 3.72. The average Bonchev–Trinajstić information content (AvgIpc) is 2.65. The third-order valence-electron chi connectivity index (χ3n) is 3.47. The van der Waals surface area contributed by atoms with Gasteiger partial charge in [0.05, 0.1) is 6.61 Å². The quantitative estimate of drug-likeness (QED) is 0.737. The number of rotatable bonds is 6. The number of nitrogens with zero attached hydrogens (tertiary/aromatic N) is 2. The lowest BCUT2D eigenvalue weighted by Crippen LogP contribution is -2.58. The zero-order valence-electron chi connectivity index (χ0n) is 11.3. The minimum absolute atomic E-state index is 0.228. The van der Waals surface area contributed by atoms with Gasteiger partial charge in [0, 0.05) is 19.7 Å². The van der Waals surface area contributed by atoms with Crippen molar-refractivity contribution in [2.75, 3.05) is 40.9 Å². The highest BCUT2D eigenvalue weighted by Gasteiger charge is 2.45. The van der Waals surface area contributed by atoms with Crippen LogP contribution in [0.1, 0.15) is 19.8 Å². The van der Waals surface area contributed by atoms with Crippen molar-refractivity contribution in [3.05, 3.63) is 0 Å². The van der Waals surface area contributed by atoms with Crippen LogP contribution in [-0.4, -0.2) is 73.4 Å². The molecule has 5 heteroatoms. The number of likely N-dealkylation sites (N-methyl/N-ethyl adjacent to an activating group) is 1. The maximum Gasteiger partial charge on any atom is 0.326 e. The van der Waals surface area contributed by atoms with E-state index in [2.05, 4.69) is 9.80 Å². The summed E-state index contributed by atoms with van der Waals surface area (Å²) in [5.41, 5.74) is -0.911. The highest BCUT2D eigenvalue weighted by atomic mass is 16.5. The standard InChI is InChI=1S/C12H24N2O3/c1-12(9-17-4,11(15)16)14-7-5-6-10(14)8-13(2)3/h10H,5-9H2,1-4H3,(H,15,16). The zero-order valence-corrected chi connectivity index (χ0v) is 11.3. The molecule has 100 valence electrons. The van der Waals surface area contributed by atoms with Crippen LogP contribution in [0, 0.1) is 0 Å². The Morgan fingerprint density at radius 3 is 2.71 bits per heavy atom. The molecule has 1 rings (SSSR count). The van der Waals surface area contributed by atoms with E-state index in [0.717, 1.165) is 25.9 Å². The van der Waals surface area contributed by atoms with Gasteiger partial charge < -0.3 is 14.7 Å². The highest BCUT2D eigenvalue weighted by Crippen LogP contribution is 2.28. The van der Waals surface area contributed by atoms with E-state index in [1.54, 1.807) is 14.0 Å². The minimum Gasteiger partial charge on any atom is -0.480 e. The zero-order chi connectivity index (χ0) is 13.1. The predicted octanol–water partition coefficient (Wildman–Crippen LogP) is 0.502. The minimum atomic E-state index is -0.911. The third kappa shape index (κ3) is 3.18. The summed E-state index contributed by atoms with van der Waals surface area (Å²) in [6, 6.07) is 0.307. The molecule has 0 bridgehead atoms. The van der Waals surface area contributed by atoms with Gasteiger partial charge >= 0.3 is 5.97 Å². The van der Waals surface area contributed by atoms with Gasteiger partial charge in [0.25, 0.3) is 0 Å². The van der Waals surface area contributed by atoms with Gasteiger partial charge in [0.15, 0.2) is 0 Å². The number of ether oxygens (including phenoxy) is 1. The Bertz CT molecular complexity index is 270. The van der Waals surface area contributed by atoms with E-state index in [4.69, 9.17) is 4.74 Å². The summed E-state index contributed by atoms with van der Waals surface area (Å²) >= 11 is 0. The predicted molar refractivity (Wildman–Crippen MR) is 66.2 cm³/mol. The summed E-state index contributed by atoms with van der Waals surface area (Å²) in [5.74, 6) is -0.801. The monoisotopic (exact) mass is 244 g/mol. The largest absolute Gasteiger partial charge is 0.480 e. The van der Waals surface area contributed by atoms with Crippen LogP contribution >= 0.6 is 0 Å². The Morgan fingerprint density at radius 1 is 1.59 bits per heavy atom. The normalized spacial score (nSPS) is 25.1. The van der Waals surface area contributed by atoms with Gasteiger partial charge in [-0.05, 0) is 40.4 Å². The molecule has 0 spiro atoms. The highest BCUT2D eigenvalue weighted by molar-refractivity contribution is 5.78. The molecule has 17 heavy (non-hydrogen) atoms. The Hall–Kier alpha value is -0.650. The van der Waals surface area contributed by atoms with Crippen molar-refractivity contribution >= 4 is 5.97 Å². The molecule has 1 aliphatic rings. The summed E-state index contributed by atoms with van der Waals surface area (Å²) in [4.78, 5) is 15.7. The van der Waals surface area contributed by atoms with Crippen molar-refractivity contribution in [1.29, 1.82) is 0 Å². The van der Waals surface area contributed by atoms with Crippen molar-refractivity contribution < 1.29 is 14.6 Å². The lowest BCUT2D eigenvalue weighted by Gasteiger charge is -2.39. The van der Waals surface area contributed by atoms with Crippen molar-refractivity contribution in [3.63, 3.8) is 0 Å². The number of hydrogen-bond donors (Lipinski definition) is 1. The first-order valence-electron chi connectivity index (χ1n) is 6.05. The lowest BCUT2D eigenvalue weighted by atomic mass is 10.00. The molecule has 1 N–H and O–H groups in total. The molecule has 2 atom stereocenters. The van der Waals surface area contributed by atoms with Crippen molar-refractivity contribution in [2.45, 2.75) is 31.3 Å². The van der Waals surface area contributed by atoms with Crippen LogP contribution in [0.3, 0.4) is 0 Å². The second kappa shape index (κ2) is 5.80. The Morgan fingerprint density at radius 2 is 2.24 bits per heavy atom. The molecule has 0 radical (unpaired) electrons. The molecule has 0 amide bonds. The first-order valence-corrected chi connectivity index (χ1v) is 6.05. The molecule has 1 aliphatic heterocycles. The molecule has 0 aromatic rings. The number of methoxy groups -OCH3 is 1. The van der Waals surface area contributed by atoms with Crippen LogP contribution in [0.25, 0.3) is 0 Å². The van der Waals surface area contributed by atoms with Gasteiger partial charge in [0.1, 0.15) is 5.54 Å². The molecule has 1 saturated heterocycles. The Kier molecular flexibility index (Phi) is 4.91. The topological polar surface area (TPSA) is 53.0 Å². The molecule has 0 aromatic heterocycles. The number of hydrogen-bond acceptors (Lipinski definition) is 4. The summed E-state index contributed by atoms with van der Waals surface area (Å²) in [5, 5.41) is 9.44. The number of aliphatic carboxylic acids is 1. The van der Waals surface area contributed by atoms with Crippen LogP contribution < -0.4 is 0 Å². The fraction of sp³-hybridized carbons (Fsp3) is 0.917. The Labute approximate surface area is 103 Å². The number of carboxylic acids is 1. The third-order valence-corrected chi connectivity index (χ3v) is 3.47. The Balaban J connectivity index is 2.82. The van der Waals surface area contributed by atoms with Gasteiger partial charge in [-0.3, -0.25) is 9.69 Å². The molecular formula is C12H24N2O3. The van der Waals surface area contributed by atoms with Gasteiger partial charge in [0.2, 0.25) is 0 Å². The second-order valence-corrected chi connectivity index (χ2v) is 5.26. The molecule has 5 nitrogen and oxygen atoms in total. The molecule has 1 heterocycles. The molecule has 0 aliphatic carbocycles. The summed E-state index contributed by atoms with van der Waals surface area (Å²) < 4.78 is 5.10. The lowest BCUT2D eigenvalue weighted by molar-refractivity contribution is -0.155. The fourth-order valence-corrected chi connectivity index (χ4v) is 2.65. The molecule has 0 aromatic carbocycles. The summed E-state index contributed by atoms with van der Waals surface area (Å²) in [6.07, 6.45) is 2.12. The molecule has 0 saturated carbocycles. The van der Waals surface area contributed by atoms with Crippen molar-refractivity contribution in [3.8, 4) is 0 Å². The number of likely N-dealkylation sites (tertiary alicyclic amines) is 1. The van der Waals surface area contributed by atoms with Crippen LogP contribution in [0.2, 0.25) is 0 Å². The first-order chi connectivity index (χ1) is 7.91. The van der Waals surface area contributed by atoms with E-state index < -0.39 is 11.5 Å². The van der Waals surface area contributed by atoms with E-state index in [9.17, 15) is 9.90 Å². The van der Waals surface area contributed by atoms with E-state index in [1.165, 1.54) is 0 Å². The number of carbonyl (C=O) groups is 1. The average molecular weight is 244 g/mol. The molecule has 2 unspecified atom stereocenters. The van der Waals surface area contributed by atoms with Crippen LogP contribution in [0.4, 0.5) is 0 Å². The maximum atomic E-state index is 11.5. The van der Waals surface area contributed by atoms with Gasteiger partial charge in [-0.1, -0.05) is 0 Å². The summed E-state index contributed by atoms with van der Waals surface area (Å²) in [7, 11) is 5.59. The first kappa shape index (κ1) is 14.4. The van der Waals surface area contributed by atoms with E-state index in [-0.39, 0.29) is 6.61 Å². The number of carboxylic acid groups (broad SMARTS) is 1. The maximum absolute atomic E-state index is 11.5. The van der Waals surface area contributed by atoms with E-state index in [0.29, 0.717) is 6.04 Å². The van der Waals surface area contributed by atoms with Gasteiger partial charge in [-0.25, -0.2) is 0 Å². The smallest absolute Gasteiger partial charge is 0.326 e.